The van der Waals surface area contributed by atoms with Gasteiger partial charge in [-0.05, 0) is 43.8 Å². The highest BCUT2D eigenvalue weighted by Gasteiger charge is 2.15. The average Bonchev–Trinajstić information content (AvgIpc) is 2.45. The quantitative estimate of drug-likeness (QED) is 0.687. The van der Waals surface area contributed by atoms with Gasteiger partial charge in [-0.3, -0.25) is 0 Å². The Morgan fingerprint density at radius 1 is 1.30 bits per heavy atom. The number of sulfonamides is 1. The zero-order chi connectivity index (χ0) is 15.0. The Labute approximate surface area is 126 Å². The van der Waals surface area contributed by atoms with Gasteiger partial charge in [-0.25, -0.2) is 13.1 Å². The van der Waals surface area contributed by atoms with E-state index in [0.29, 0.717) is 11.4 Å². The summed E-state index contributed by atoms with van der Waals surface area (Å²) in [6.45, 7) is 5.53. The Morgan fingerprint density at radius 3 is 2.70 bits per heavy atom. The van der Waals surface area contributed by atoms with Gasteiger partial charge in [-0.2, -0.15) is 11.8 Å². The van der Waals surface area contributed by atoms with Crippen molar-refractivity contribution >= 4 is 21.8 Å². The lowest BCUT2D eigenvalue weighted by atomic mass is 10.1. The van der Waals surface area contributed by atoms with Crippen LogP contribution in [-0.4, -0.2) is 33.5 Å². The summed E-state index contributed by atoms with van der Waals surface area (Å²) in [6.07, 6.45) is 3.01. The molecule has 0 aromatic heterocycles. The first-order valence-electron chi connectivity index (χ1n) is 6.83. The van der Waals surface area contributed by atoms with E-state index in [4.69, 9.17) is 0 Å². The number of hydrogen-bond donors (Lipinski definition) is 2. The molecule has 0 radical (unpaired) electrons. The molecule has 0 spiro atoms. The fourth-order valence-corrected chi connectivity index (χ4v) is 3.31. The Bertz CT molecular complexity index is 504. The van der Waals surface area contributed by atoms with Crippen molar-refractivity contribution in [3.8, 4) is 0 Å². The number of hydrogen-bond acceptors (Lipinski definition) is 4. The fourth-order valence-electron chi connectivity index (χ4n) is 1.79. The van der Waals surface area contributed by atoms with Crippen LogP contribution < -0.4 is 10.0 Å². The predicted molar refractivity (Wildman–Crippen MR) is 86.7 cm³/mol. The summed E-state index contributed by atoms with van der Waals surface area (Å²) in [5.74, 6) is 0.771. The van der Waals surface area contributed by atoms with Crippen LogP contribution in [0.3, 0.4) is 0 Å². The number of nitrogens with one attached hydrogen (secondary N) is 2. The molecule has 0 saturated carbocycles. The lowest BCUT2D eigenvalue weighted by molar-refractivity contribution is 0.567. The minimum Gasteiger partial charge on any atom is -0.310 e. The number of benzene rings is 1. The van der Waals surface area contributed by atoms with Crippen LogP contribution >= 0.6 is 11.8 Å². The van der Waals surface area contributed by atoms with E-state index in [1.54, 1.807) is 30.0 Å². The summed E-state index contributed by atoms with van der Waals surface area (Å²) in [4.78, 5) is 0.334. The van der Waals surface area contributed by atoms with Crippen LogP contribution in [0.15, 0.2) is 29.2 Å². The predicted octanol–water partition coefficient (Wildman–Crippen LogP) is 2.39. The monoisotopic (exact) mass is 316 g/mol. The molecule has 0 fully saturated rings. The highest BCUT2D eigenvalue weighted by molar-refractivity contribution is 7.98. The van der Waals surface area contributed by atoms with Crippen LogP contribution in [0.25, 0.3) is 0 Å². The van der Waals surface area contributed by atoms with Crippen molar-refractivity contribution in [2.75, 3.05) is 25.1 Å². The van der Waals surface area contributed by atoms with Crippen molar-refractivity contribution in [3.05, 3.63) is 29.8 Å². The summed E-state index contributed by atoms with van der Waals surface area (Å²) in [6, 6.07) is 7.28. The molecular weight excluding hydrogens is 292 g/mol. The maximum absolute atomic E-state index is 12.2. The largest absolute Gasteiger partial charge is 0.310 e. The zero-order valence-electron chi connectivity index (χ0n) is 12.3. The first kappa shape index (κ1) is 17.5. The van der Waals surface area contributed by atoms with Gasteiger partial charge in [0.25, 0.3) is 0 Å². The molecule has 20 heavy (non-hydrogen) atoms. The summed E-state index contributed by atoms with van der Waals surface area (Å²) >= 11 is 1.62. The Balaban J connectivity index is 2.81. The van der Waals surface area contributed by atoms with E-state index >= 15 is 0 Å². The maximum Gasteiger partial charge on any atom is 0.240 e. The van der Waals surface area contributed by atoms with Gasteiger partial charge < -0.3 is 5.32 Å². The van der Waals surface area contributed by atoms with Crippen LogP contribution in [0, 0.1) is 0 Å². The van der Waals surface area contributed by atoms with Gasteiger partial charge >= 0.3 is 0 Å². The maximum atomic E-state index is 12.2. The molecule has 0 amide bonds. The summed E-state index contributed by atoms with van der Waals surface area (Å²) in [5.41, 5.74) is 0.992. The molecule has 6 heteroatoms. The summed E-state index contributed by atoms with van der Waals surface area (Å²) in [5, 5.41) is 3.36. The van der Waals surface area contributed by atoms with Crippen LogP contribution in [0.1, 0.15) is 31.9 Å². The van der Waals surface area contributed by atoms with Gasteiger partial charge in [0.2, 0.25) is 10.0 Å². The van der Waals surface area contributed by atoms with Crippen molar-refractivity contribution < 1.29 is 8.42 Å². The highest BCUT2D eigenvalue weighted by atomic mass is 32.2. The smallest absolute Gasteiger partial charge is 0.240 e. The molecule has 2 N–H and O–H groups in total. The minimum atomic E-state index is -3.40. The third-order valence-electron chi connectivity index (χ3n) is 2.97. The van der Waals surface area contributed by atoms with E-state index in [-0.39, 0.29) is 6.04 Å². The van der Waals surface area contributed by atoms with E-state index in [0.717, 1.165) is 24.3 Å². The average molecular weight is 316 g/mol. The second kappa shape index (κ2) is 8.67. The fraction of sp³-hybridized carbons (Fsp3) is 0.571. The number of rotatable bonds is 9. The topological polar surface area (TPSA) is 58.2 Å². The molecule has 0 bridgehead atoms. The first-order chi connectivity index (χ1) is 9.51. The number of thioether (sulfide) groups is 1. The van der Waals surface area contributed by atoms with Gasteiger partial charge in [-0.1, -0.05) is 19.1 Å². The Hall–Kier alpha value is -0.560. The van der Waals surface area contributed by atoms with Crippen molar-refractivity contribution in [1.29, 1.82) is 0 Å². The van der Waals surface area contributed by atoms with E-state index in [9.17, 15) is 8.42 Å². The zero-order valence-corrected chi connectivity index (χ0v) is 14.0. The molecule has 0 aliphatic carbocycles. The van der Waals surface area contributed by atoms with Gasteiger partial charge in [-0.15, -0.1) is 0 Å². The highest BCUT2D eigenvalue weighted by Crippen LogP contribution is 2.17. The molecule has 0 heterocycles. The Morgan fingerprint density at radius 2 is 2.05 bits per heavy atom. The van der Waals surface area contributed by atoms with Crippen molar-refractivity contribution in [1.82, 2.24) is 10.0 Å². The van der Waals surface area contributed by atoms with E-state index in [1.165, 1.54) is 0 Å². The lowest BCUT2D eigenvalue weighted by Gasteiger charge is -2.15. The summed E-state index contributed by atoms with van der Waals surface area (Å²) in [7, 11) is -3.40. The molecule has 114 valence electrons. The van der Waals surface area contributed by atoms with Crippen LogP contribution in [0.2, 0.25) is 0 Å². The third kappa shape index (κ3) is 5.44. The normalized spacial score (nSPS) is 13.3. The SMILES string of the molecule is CCCNC(C)c1cccc(S(=O)(=O)NCCSC)c1. The molecule has 1 unspecified atom stereocenters. The lowest BCUT2D eigenvalue weighted by Crippen LogP contribution is -2.26. The van der Waals surface area contributed by atoms with Crippen LogP contribution in [0.5, 0.6) is 0 Å². The molecule has 1 aromatic carbocycles. The summed E-state index contributed by atoms with van der Waals surface area (Å²) < 4.78 is 26.9. The van der Waals surface area contributed by atoms with Gasteiger partial charge in [0.05, 0.1) is 4.90 Å². The molecule has 0 aliphatic rings. The van der Waals surface area contributed by atoms with Crippen LogP contribution in [-0.2, 0) is 10.0 Å². The molecule has 1 rings (SSSR count). The van der Waals surface area contributed by atoms with Crippen molar-refractivity contribution in [2.45, 2.75) is 31.2 Å². The Kier molecular flexibility index (Phi) is 7.58. The third-order valence-corrected chi connectivity index (χ3v) is 5.04. The standard InChI is InChI=1S/C14H24N2O2S2/c1-4-8-15-12(2)13-6-5-7-14(11-13)20(17,18)16-9-10-19-3/h5-7,11-12,15-16H,4,8-10H2,1-3H3. The van der Waals surface area contributed by atoms with Crippen LogP contribution in [0.4, 0.5) is 0 Å². The second-order valence-electron chi connectivity index (χ2n) is 4.64. The van der Waals surface area contributed by atoms with E-state index in [2.05, 4.69) is 17.0 Å². The molecule has 4 nitrogen and oxygen atoms in total. The first-order valence-corrected chi connectivity index (χ1v) is 9.71. The van der Waals surface area contributed by atoms with E-state index < -0.39 is 10.0 Å². The van der Waals surface area contributed by atoms with E-state index in [1.807, 2.05) is 19.2 Å². The van der Waals surface area contributed by atoms with Gasteiger partial charge in [0, 0.05) is 18.3 Å². The van der Waals surface area contributed by atoms with Crippen molar-refractivity contribution in [2.24, 2.45) is 0 Å². The van der Waals surface area contributed by atoms with Crippen molar-refractivity contribution in [3.63, 3.8) is 0 Å². The van der Waals surface area contributed by atoms with Gasteiger partial charge in [0.15, 0.2) is 0 Å². The molecule has 1 atom stereocenters. The minimum absolute atomic E-state index is 0.149. The molecule has 0 aliphatic heterocycles. The molecule has 0 saturated heterocycles. The molecule has 1 aromatic rings. The second-order valence-corrected chi connectivity index (χ2v) is 7.39. The molecular formula is C14H24N2O2S2. The van der Waals surface area contributed by atoms with Gasteiger partial charge in [0.1, 0.15) is 0 Å².